The molecule has 0 radical (unpaired) electrons. The first-order valence-corrected chi connectivity index (χ1v) is 6.19. The third kappa shape index (κ3) is 3.01. The van der Waals surface area contributed by atoms with Gasteiger partial charge < -0.3 is 15.2 Å². The maximum absolute atomic E-state index is 10.8. The van der Waals surface area contributed by atoms with Crippen molar-refractivity contribution in [1.82, 2.24) is 20.2 Å². The van der Waals surface area contributed by atoms with E-state index in [2.05, 4.69) is 20.2 Å². The van der Waals surface area contributed by atoms with E-state index in [9.17, 15) is 15.2 Å². The molecular formula is C10H11N5O3S. The molecule has 2 rings (SSSR count). The SMILES string of the molecule is Cc1nnc(C=Cc2nc(C(C)O)c([N+](=O)[O-])[nH]2)s1. The van der Waals surface area contributed by atoms with Gasteiger partial charge in [-0.05, 0) is 24.8 Å². The van der Waals surface area contributed by atoms with Crippen molar-refractivity contribution in [1.29, 1.82) is 0 Å². The molecule has 1 atom stereocenters. The van der Waals surface area contributed by atoms with Gasteiger partial charge in [0.15, 0.2) is 5.69 Å². The van der Waals surface area contributed by atoms with Gasteiger partial charge in [0.05, 0.1) is 0 Å². The van der Waals surface area contributed by atoms with E-state index in [4.69, 9.17) is 0 Å². The standard InChI is InChI=1S/C10H11N5O3S/c1-5(16)9-10(15(17)18)12-7(11-9)3-4-8-14-13-6(2)19-8/h3-5,16H,1-2H3,(H,11,12). The number of aromatic nitrogens is 4. The fourth-order valence-electron chi connectivity index (χ4n) is 1.43. The molecule has 1 unspecified atom stereocenters. The van der Waals surface area contributed by atoms with E-state index in [1.165, 1.54) is 18.3 Å². The summed E-state index contributed by atoms with van der Waals surface area (Å²) >= 11 is 1.40. The van der Waals surface area contributed by atoms with Crippen LogP contribution >= 0.6 is 11.3 Å². The van der Waals surface area contributed by atoms with Gasteiger partial charge >= 0.3 is 5.82 Å². The van der Waals surface area contributed by atoms with Gasteiger partial charge in [-0.3, -0.25) is 0 Å². The van der Waals surface area contributed by atoms with Gasteiger partial charge in [-0.15, -0.1) is 10.2 Å². The minimum absolute atomic E-state index is 0.0121. The highest BCUT2D eigenvalue weighted by atomic mass is 32.1. The molecule has 8 nitrogen and oxygen atoms in total. The lowest BCUT2D eigenvalue weighted by Gasteiger charge is -1.97. The second-order valence-corrected chi connectivity index (χ2v) is 4.99. The average molecular weight is 281 g/mol. The zero-order valence-electron chi connectivity index (χ0n) is 10.2. The number of aromatic amines is 1. The molecule has 2 aromatic rings. The maximum Gasteiger partial charge on any atom is 0.346 e. The van der Waals surface area contributed by atoms with Crippen LogP contribution in [-0.2, 0) is 0 Å². The summed E-state index contributed by atoms with van der Waals surface area (Å²) < 4.78 is 0. The summed E-state index contributed by atoms with van der Waals surface area (Å²) in [5.41, 5.74) is 0.0121. The number of imidazole rings is 1. The number of H-pyrrole nitrogens is 1. The number of nitrogens with one attached hydrogen (secondary N) is 1. The second-order valence-electron chi connectivity index (χ2n) is 3.78. The van der Waals surface area contributed by atoms with E-state index in [-0.39, 0.29) is 17.3 Å². The summed E-state index contributed by atoms with van der Waals surface area (Å²) in [6.45, 7) is 3.25. The minimum atomic E-state index is -1.01. The van der Waals surface area contributed by atoms with E-state index in [0.29, 0.717) is 5.01 Å². The van der Waals surface area contributed by atoms with Crippen molar-refractivity contribution >= 4 is 29.3 Å². The normalized spacial score (nSPS) is 13.0. The van der Waals surface area contributed by atoms with Gasteiger partial charge in [0.25, 0.3) is 0 Å². The van der Waals surface area contributed by atoms with Crippen LogP contribution in [0.1, 0.15) is 34.6 Å². The molecule has 0 aromatic carbocycles. The van der Waals surface area contributed by atoms with Gasteiger partial charge in [-0.25, -0.2) is 9.97 Å². The first-order valence-electron chi connectivity index (χ1n) is 5.38. The van der Waals surface area contributed by atoms with E-state index in [1.54, 1.807) is 12.2 Å². The van der Waals surface area contributed by atoms with Gasteiger partial charge in [0.1, 0.15) is 16.1 Å². The molecule has 0 aliphatic rings. The summed E-state index contributed by atoms with van der Waals surface area (Å²) in [7, 11) is 0. The molecule has 9 heteroatoms. The molecule has 0 aliphatic carbocycles. The number of hydrogen-bond donors (Lipinski definition) is 2. The van der Waals surface area contributed by atoms with E-state index < -0.39 is 11.0 Å². The Morgan fingerprint density at radius 3 is 2.68 bits per heavy atom. The lowest BCUT2D eigenvalue weighted by atomic mass is 10.3. The van der Waals surface area contributed by atoms with Crippen molar-refractivity contribution in [2.45, 2.75) is 20.0 Å². The lowest BCUT2D eigenvalue weighted by molar-refractivity contribution is -0.390. The zero-order valence-corrected chi connectivity index (χ0v) is 11.0. The van der Waals surface area contributed by atoms with Gasteiger partial charge in [-0.1, -0.05) is 11.3 Å². The fraction of sp³-hybridized carbons (Fsp3) is 0.300. The van der Waals surface area contributed by atoms with Crippen LogP contribution in [-0.4, -0.2) is 30.2 Å². The van der Waals surface area contributed by atoms with Crippen LogP contribution in [0.5, 0.6) is 0 Å². The Balaban J connectivity index is 2.28. The third-order valence-corrected chi connectivity index (χ3v) is 3.04. The van der Waals surface area contributed by atoms with Crippen LogP contribution in [0.2, 0.25) is 0 Å². The van der Waals surface area contributed by atoms with E-state index in [1.807, 2.05) is 6.92 Å². The van der Waals surface area contributed by atoms with Crippen LogP contribution in [0.4, 0.5) is 5.82 Å². The zero-order chi connectivity index (χ0) is 14.0. The number of rotatable bonds is 4. The smallest absolute Gasteiger partial charge is 0.346 e. The maximum atomic E-state index is 10.8. The highest BCUT2D eigenvalue weighted by molar-refractivity contribution is 7.12. The Labute approximate surface area is 112 Å². The Morgan fingerprint density at radius 1 is 1.47 bits per heavy atom. The number of hydrogen-bond acceptors (Lipinski definition) is 7. The van der Waals surface area contributed by atoms with Crippen molar-refractivity contribution < 1.29 is 10.0 Å². The van der Waals surface area contributed by atoms with Crippen molar-refractivity contribution in [2.75, 3.05) is 0 Å². The summed E-state index contributed by atoms with van der Waals surface area (Å²) in [5.74, 6) is -0.0152. The van der Waals surface area contributed by atoms with Crippen molar-refractivity contribution in [3.05, 3.63) is 31.6 Å². The molecule has 0 bridgehead atoms. The van der Waals surface area contributed by atoms with Crippen LogP contribution in [0.15, 0.2) is 0 Å². The molecule has 0 aliphatic heterocycles. The largest absolute Gasteiger partial charge is 0.387 e. The molecule has 0 spiro atoms. The predicted octanol–water partition coefficient (Wildman–Crippen LogP) is 1.70. The molecule has 2 heterocycles. The van der Waals surface area contributed by atoms with Gasteiger partial charge in [0, 0.05) is 6.08 Å². The molecular weight excluding hydrogens is 270 g/mol. The van der Waals surface area contributed by atoms with Crippen LogP contribution in [0.25, 0.3) is 12.2 Å². The summed E-state index contributed by atoms with van der Waals surface area (Å²) in [5, 5.41) is 29.5. The highest BCUT2D eigenvalue weighted by Crippen LogP contribution is 2.23. The number of aliphatic hydroxyl groups is 1. The monoisotopic (exact) mass is 281 g/mol. The first kappa shape index (κ1) is 13.3. The number of nitrogens with zero attached hydrogens (tertiary/aromatic N) is 4. The average Bonchev–Trinajstić information content (AvgIpc) is 2.92. The molecule has 2 N–H and O–H groups in total. The first-order chi connectivity index (χ1) is 8.97. The molecule has 100 valence electrons. The molecule has 2 aromatic heterocycles. The summed E-state index contributed by atoms with van der Waals surface area (Å²) in [6.07, 6.45) is 2.19. The van der Waals surface area contributed by atoms with Crippen molar-refractivity contribution in [3.63, 3.8) is 0 Å². The van der Waals surface area contributed by atoms with Crippen molar-refractivity contribution in [2.24, 2.45) is 0 Å². The van der Waals surface area contributed by atoms with Crippen LogP contribution < -0.4 is 0 Å². The Bertz CT molecular complexity index is 631. The van der Waals surface area contributed by atoms with E-state index in [0.717, 1.165) is 5.01 Å². The van der Waals surface area contributed by atoms with Crippen molar-refractivity contribution in [3.8, 4) is 0 Å². The van der Waals surface area contributed by atoms with Gasteiger partial charge in [-0.2, -0.15) is 0 Å². The molecule has 0 saturated carbocycles. The number of nitro groups is 1. The van der Waals surface area contributed by atoms with E-state index >= 15 is 0 Å². The number of aliphatic hydroxyl groups excluding tert-OH is 1. The lowest BCUT2D eigenvalue weighted by Crippen LogP contribution is -1.97. The minimum Gasteiger partial charge on any atom is -0.387 e. The number of aryl methyl sites for hydroxylation is 1. The Morgan fingerprint density at radius 2 is 2.21 bits per heavy atom. The van der Waals surface area contributed by atoms with Crippen LogP contribution in [0.3, 0.4) is 0 Å². The fourth-order valence-corrected chi connectivity index (χ4v) is 2.04. The highest BCUT2D eigenvalue weighted by Gasteiger charge is 2.22. The topological polar surface area (TPSA) is 118 Å². The predicted molar refractivity (Wildman–Crippen MR) is 69.4 cm³/mol. The molecule has 19 heavy (non-hydrogen) atoms. The Hall–Kier alpha value is -2.13. The third-order valence-electron chi connectivity index (χ3n) is 2.23. The van der Waals surface area contributed by atoms with Gasteiger partial charge in [0.2, 0.25) is 5.82 Å². The van der Waals surface area contributed by atoms with Crippen LogP contribution in [0, 0.1) is 17.0 Å². The molecule has 0 fully saturated rings. The molecule has 0 saturated heterocycles. The second kappa shape index (κ2) is 5.24. The Kier molecular flexibility index (Phi) is 3.67. The summed E-state index contributed by atoms with van der Waals surface area (Å²) in [6, 6.07) is 0. The quantitative estimate of drug-likeness (QED) is 0.650. The molecule has 0 amide bonds. The summed E-state index contributed by atoms with van der Waals surface area (Å²) in [4.78, 5) is 16.7.